The van der Waals surface area contributed by atoms with Crippen LogP contribution in [-0.4, -0.2) is 17.6 Å². The van der Waals surface area contributed by atoms with Gasteiger partial charge in [0.25, 0.3) is 0 Å². The highest BCUT2D eigenvalue weighted by atomic mass is 79.9. The number of halogens is 1. The minimum atomic E-state index is -0.434. The van der Waals surface area contributed by atoms with E-state index in [0.29, 0.717) is 22.9 Å². The van der Waals surface area contributed by atoms with Gasteiger partial charge in [-0.25, -0.2) is 9.78 Å². The molecule has 0 amide bonds. The first kappa shape index (κ1) is 13.7. The maximum absolute atomic E-state index is 11.6. The summed E-state index contributed by atoms with van der Waals surface area (Å²) in [5.74, 6) is -0.434. The van der Waals surface area contributed by atoms with Gasteiger partial charge in [-0.2, -0.15) is 5.26 Å². The van der Waals surface area contributed by atoms with Gasteiger partial charge in [-0.05, 0) is 35.0 Å². The fourth-order valence-electron chi connectivity index (χ4n) is 1.50. The average molecular weight is 337 g/mol. The summed E-state index contributed by atoms with van der Waals surface area (Å²) in [7, 11) is 0. The van der Waals surface area contributed by atoms with Crippen LogP contribution in [0.3, 0.4) is 0 Å². The van der Waals surface area contributed by atoms with Gasteiger partial charge in [-0.3, -0.25) is 0 Å². The number of ether oxygens (including phenoxy) is 1. The number of thiazole rings is 1. The molecule has 0 saturated carbocycles. The number of nitriles is 1. The molecule has 0 atom stereocenters. The highest BCUT2D eigenvalue weighted by Gasteiger charge is 2.17. The van der Waals surface area contributed by atoms with E-state index in [-0.39, 0.29) is 0 Å². The molecule has 0 fully saturated rings. The Kier molecular flexibility index (Phi) is 4.30. The number of carbonyl (C=O) groups excluding carboxylic acids is 1. The third-order valence-corrected chi connectivity index (χ3v) is 3.99. The van der Waals surface area contributed by atoms with Gasteiger partial charge < -0.3 is 4.74 Å². The second-order valence-electron chi connectivity index (χ2n) is 3.55. The van der Waals surface area contributed by atoms with Crippen molar-refractivity contribution in [1.29, 1.82) is 5.26 Å². The van der Waals surface area contributed by atoms with E-state index in [0.717, 1.165) is 9.35 Å². The Morgan fingerprint density at radius 1 is 1.58 bits per heavy atom. The van der Waals surface area contributed by atoms with E-state index in [2.05, 4.69) is 27.0 Å². The molecule has 4 nitrogen and oxygen atoms in total. The number of hydrogen-bond acceptors (Lipinski definition) is 5. The molecule has 2 rings (SSSR count). The summed E-state index contributed by atoms with van der Waals surface area (Å²) in [4.78, 5) is 15.9. The Labute approximate surface area is 122 Å². The summed E-state index contributed by atoms with van der Waals surface area (Å²) >= 11 is 4.60. The van der Waals surface area contributed by atoms with Crippen LogP contribution in [0.5, 0.6) is 0 Å². The summed E-state index contributed by atoms with van der Waals surface area (Å²) in [5.41, 5.74) is 1.98. The monoisotopic (exact) mass is 336 g/mol. The number of esters is 1. The van der Waals surface area contributed by atoms with Crippen LogP contribution in [-0.2, 0) is 4.74 Å². The lowest BCUT2D eigenvalue weighted by Gasteiger charge is -1.98. The molecule has 6 heteroatoms. The maximum Gasteiger partial charge on any atom is 0.367 e. The van der Waals surface area contributed by atoms with E-state index in [1.165, 1.54) is 11.3 Å². The molecule has 1 aromatic carbocycles. The van der Waals surface area contributed by atoms with Crippen LogP contribution < -0.4 is 0 Å². The number of rotatable bonds is 3. The second-order valence-corrected chi connectivity index (χ2v) is 5.87. The quantitative estimate of drug-likeness (QED) is 0.803. The Balaban J connectivity index is 2.40. The van der Waals surface area contributed by atoms with Gasteiger partial charge in [0.1, 0.15) is 0 Å². The molecule has 0 saturated heterocycles. The van der Waals surface area contributed by atoms with E-state index in [1.54, 1.807) is 25.1 Å². The summed E-state index contributed by atoms with van der Waals surface area (Å²) in [6.07, 6.45) is 0. The molecule has 1 aromatic heterocycles. The van der Waals surface area contributed by atoms with Crippen molar-refractivity contribution in [3.05, 3.63) is 38.6 Å². The number of benzene rings is 1. The lowest BCUT2D eigenvalue weighted by atomic mass is 10.1. The third kappa shape index (κ3) is 3.00. The van der Waals surface area contributed by atoms with Crippen molar-refractivity contribution in [2.75, 3.05) is 6.61 Å². The topological polar surface area (TPSA) is 63.0 Å². The van der Waals surface area contributed by atoms with Crippen molar-refractivity contribution >= 4 is 33.2 Å². The van der Waals surface area contributed by atoms with Gasteiger partial charge in [0, 0.05) is 5.56 Å². The molecule has 0 spiro atoms. The molecule has 0 unspecified atom stereocenters. The molecule has 0 N–H and O–H groups in total. The highest BCUT2D eigenvalue weighted by Crippen LogP contribution is 2.33. The van der Waals surface area contributed by atoms with Gasteiger partial charge >= 0.3 is 5.97 Å². The van der Waals surface area contributed by atoms with Crippen molar-refractivity contribution in [3.63, 3.8) is 0 Å². The first-order valence-electron chi connectivity index (χ1n) is 5.49. The van der Waals surface area contributed by atoms with E-state index in [1.807, 2.05) is 6.07 Å². The summed E-state index contributed by atoms with van der Waals surface area (Å²) < 4.78 is 5.65. The van der Waals surface area contributed by atoms with Crippen LogP contribution >= 0.6 is 27.3 Å². The van der Waals surface area contributed by atoms with Crippen LogP contribution in [0.1, 0.15) is 22.3 Å². The zero-order valence-electron chi connectivity index (χ0n) is 10.0. The molecule has 0 aliphatic carbocycles. The molecule has 1 heterocycles. The second kappa shape index (κ2) is 5.95. The first-order valence-corrected chi connectivity index (χ1v) is 7.10. The zero-order valence-corrected chi connectivity index (χ0v) is 12.4. The van der Waals surface area contributed by atoms with Crippen LogP contribution in [0.2, 0.25) is 0 Å². The SMILES string of the molecule is CCOC(=O)c1nc(-c2cccc(C#N)c2)c(Br)s1. The van der Waals surface area contributed by atoms with Crippen molar-refractivity contribution in [1.82, 2.24) is 4.98 Å². The molecule has 0 bridgehead atoms. The Bertz CT molecular complexity index is 661. The van der Waals surface area contributed by atoms with E-state index < -0.39 is 5.97 Å². The van der Waals surface area contributed by atoms with Crippen molar-refractivity contribution in [2.24, 2.45) is 0 Å². The van der Waals surface area contributed by atoms with Crippen LogP contribution in [0, 0.1) is 11.3 Å². The van der Waals surface area contributed by atoms with Crippen LogP contribution in [0.4, 0.5) is 0 Å². The van der Waals surface area contributed by atoms with Gasteiger partial charge in [0.05, 0.1) is 27.7 Å². The van der Waals surface area contributed by atoms with E-state index >= 15 is 0 Å². The Hall–Kier alpha value is -1.71. The van der Waals surface area contributed by atoms with Crippen molar-refractivity contribution < 1.29 is 9.53 Å². The smallest absolute Gasteiger partial charge is 0.367 e. The van der Waals surface area contributed by atoms with Crippen LogP contribution in [0.25, 0.3) is 11.3 Å². The molecule has 0 radical (unpaired) electrons. The minimum absolute atomic E-state index is 0.297. The fourth-order valence-corrected chi connectivity index (χ4v) is 2.98. The lowest BCUT2D eigenvalue weighted by molar-refractivity contribution is 0.0526. The van der Waals surface area contributed by atoms with E-state index in [9.17, 15) is 4.79 Å². The highest BCUT2D eigenvalue weighted by molar-refractivity contribution is 9.11. The van der Waals surface area contributed by atoms with E-state index in [4.69, 9.17) is 10.00 Å². The average Bonchev–Trinajstić information content (AvgIpc) is 2.81. The predicted molar refractivity (Wildman–Crippen MR) is 75.9 cm³/mol. The standard InChI is InChI=1S/C13H9BrN2O2S/c1-2-18-13(17)12-16-10(11(14)19-12)9-5-3-4-8(6-9)7-15/h3-6H,2H2,1H3. The van der Waals surface area contributed by atoms with Gasteiger partial charge in [0.15, 0.2) is 0 Å². The molecule has 19 heavy (non-hydrogen) atoms. The molecular formula is C13H9BrN2O2S. The molecule has 96 valence electrons. The number of hydrogen-bond donors (Lipinski definition) is 0. The minimum Gasteiger partial charge on any atom is -0.461 e. The zero-order chi connectivity index (χ0) is 13.8. The Morgan fingerprint density at radius 3 is 3.05 bits per heavy atom. The first-order chi connectivity index (χ1) is 9.15. The normalized spacial score (nSPS) is 9.95. The summed E-state index contributed by atoms with van der Waals surface area (Å²) in [5, 5.41) is 9.19. The lowest BCUT2D eigenvalue weighted by Crippen LogP contribution is -2.03. The predicted octanol–water partition coefficient (Wildman–Crippen LogP) is 3.62. The summed E-state index contributed by atoms with van der Waals surface area (Å²) in [6, 6.07) is 9.15. The summed E-state index contributed by atoms with van der Waals surface area (Å²) in [6.45, 7) is 2.06. The molecular weight excluding hydrogens is 328 g/mol. The van der Waals surface area contributed by atoms with Gasteiger partial charge in [-0.15, -0.1) is 0 Å². The number of nitrogens with zero attached hydrogens (tertiary/aromatic N) is 2. The fraction of sp³-hybridized carbons (Fsp3) is 0.154. The van der Waals surface area contributed by atoms with Crippen LogP contribution in [0.15, 0.2) is 28.1 Å². The third-order valence-electron chi connectivity index (χ3n) is 2.30. The van der Waals surface area contributed by atoms with Crippen molar-refractivity contribution in [2.45, 2.75) is 6.92 Å². The Morgan fingerprint density at radius 2 is 2.37 bits per heavy atom. The molecule has 0 aliphatic heterocycles. The van der Waals surface area contributed by atoms with Gasteiger partial charge in [0.2, 0.25) is 5.01 Å². The van der Waals surface area contributed by atoms with Gasteiger partial charge in [-0.1, -0.05) is 23.5 Å². The van der Waals surface area contributed by atoms with Crippen molar-refractivity contribution in [3.8, 4) is 17.3 Å². The number of aromatic nitrogens is 1. The molecule has 0 aliphatic rings. The number of carbonyl (C=O) groups is 1. The molecule has 2 aromatic rings. The largest absolute Gasteiger partial charge is 0.461 e. The maximum atomic E-state index is 11.6.